The lowest BCUT2D eigenvalue weighted by Gasteiger charge is -2.40. The zero-order valence-electron chi connectivity index (χ0n) is 19.3. The van der Waals surface area contributed by atoms with Crippen molar-refractivity contribution in [3.63, 3.8) is 0 Å². The van der Waals surface area contributed by atoms with Crippen molar-refractivity contribution in [1.82, 2.24) is 4.90 Å². The molecule has 1 amide bonds. The van der Waals surface area contributed by atoms with Crippen LogP contribution < -0.4 is 0 Å². The van der Waals surface area contributed by atoms with E-state index in [1.54, 1.807) is 0 Å². The van der Waals surface area contributed by atoms with Gasteiger partial charge in [0.25, 0.3) is 5.91 Å². The Hall–Kier alpha value is -2.47. The van der Waals surface area contributed by atoms with Gasteiger partial charge in [0.15, 0.2) is 19.7 Å². The van der Waals surface area contributed by atoms with Gasteiger partial charge >= 0.3 is 6.18 Å². The molecule has 2 aromatic carbocycles. The molecule has 1 aliphatic heterocycles. The number of nitrogens with zero attached hydrogens (tertiary/aromatic N) is 1. The number of halogens is 4. The van der Waals surface area contributed by atoms with E-state index in [1.807, 2.05) is 0 Å². The summed E-state index contributed by atoms with van der Waals surface area (Å²) >= 11 is 0. The molecular weight excluding hydrogens is 510 g/mol. The highest BCUT2D eigenvalue weighted by atomic mass is 32.2. The van der Waals surface area contributed by atoms with Gasteiger partial charge in [-0.1, -0.05) is 6.07 Å². The van der Waals surface area contributed by atoms with Crippen molar-refractivity contribution < 1.29 is 39.2 Å². The molecule has 35 heavy (non-hydrogen) atoms. The lowest BCUT2D eigenvalue weighted by atomic mass is 9.85. The number of rotatable bonds is 5. The predicted molar refractivity (Wildman–Crippen MR) is 121 cm³/mol. The zero-order chi connectivity index (χ0) is 26.4. The minimum absolute atomic E-state index is 0.103. The van der Waals surface area contributed by atoms with Gasteiger partial charge in [0.1, 0.15) is 5.82 Å². The molecular formula is C23H25F4NO5S2. The Labute approximate surface area is 201 Å². The number of alkyl halides is 3. The minimum atomic E-state index is -4.69. The van der Waals surface area contributed by atoms with Crippen molar-refractivity contribution in [2.45, 2.75) is 47.4 Å². The van der Waals surface area contributed by atoms with Crippen LogP contribution in [0.15, 0.2) is 52.3 Å². The molecule has 1 fully saturated rings. The summed E-state index contributed by atoms with van der Waals surface area (Å²) in [7, 11) is -8.05. The average molecular weight is 536 g/mol. The van der Waals surface area contributed by atoms with Crippen molar-refractivity contribution >= 4 is 25.6 Å². The van der Waals surface area contributed by atoms with E-state index >= 15 is 0 Å². The van der Waals surface area contributed by atoms with Crippen molar-refractivity contribution in [2.75, 3.05) is 19.3 Å². The summed E-state index contributed by atoms with van der Waals surface area (Å²) in [4.78, 5) is 13.5. The second-order valence-corrected chi connectivity index (χ2v) is 13.6. The molecule has 0 bridgehead atoms. The number of sulfone groups is 2. The van der Waals surface area contributed by atoms with Crippen LogP contribution in [0.25, 0.3) is 0 Å². The molecule has 192 valence electrons. The lowest BCUT2D eigenvalue weighted by Crippen LogP contribution is -2.47. The Kier molecular flexibility index (Phi) is 7.13. The Bertz CT molecular complexity index is 1340. The molecule has 2 aromatic rings. The lowest BCUT2D eigenvalue weighted by molar-refractivity contribution is -0.137. The van der Waals surface area contributed by atoms with Gasteiger partial charge in [0.2, 0.25) is 0 Å². The standard InChI is InChI=1S/C23H25F4NO5S2/c1-22(2,35(32,33)18-6-4-5-16(13-18)23(25,26)27)15-9-11-28(12-10-15)21(29)19-8-7-17(24)14-20(19)34(3,30)31/h4-8,13-15H,9-12H2,1-3H3. The number of amides is 1. The summed E-state index contributed by atoms with van der Waals surface area (Å²) < 4.78 is 102. The highest BCUT2D eigenvalue weighted by molar-refractivity contribution is 7.92. The van der Waals surface area contributed by atoms with Crippen LogP contribution in [0.4, 0.5) is 17.6 Å². The number of piperidine rings is 1. The van der Waals surface area contributed by atoms with Crippen molar-refractivity contribution in [3.8, 4) is 0 Å². The first-order valence-corrected chi connectivity index (χ1v) is 14.0. The molecule has 0 unspecified atom stereocenters. The predicted octanol–water partition coefficient (Wildman–Crippen LogP) is 4.35. The maximum atomic E-state index is 13.6. The third kappa shape index (κ3) is 5.37. The van der Waals surface area contributed by atoms with Gasteiger partial charge in [-0.3, -0.25) is 4.79 Å². The maximum absolute atomic E-state index is 13.6. The summed E-state index contributed by atoms with van der Waals surface area (Å²) in [6, 6.07) is 6.47. The molecule has 3 rings (SSSR count). The zero-order valence-corrected chi connectivity index (χ0v) is 20.9. The molecule has 6 nitrogen and oxygen atoms in total. The minimum Gasteiger partial charge on any atom is -0.339 e. The molecule has 12 heteroatoms. The Morgan fingerprint density at radius 1 is 0.971 bits per heavy atom. The van der Waals surface area contributed by atoms with Crippen LogP contribution in [0, 0.1) is 11.7 Å². The molecule has 0 N–H and O–H groups in total. The Morgan fingerprint density at radius 3 is 2.11 bits per heavy atom. The van der Waals surface area contributed by atoms with E-state index in [1.165, 1.54) is 18.7 Å². The van der Waals surface area contributed by atoms with Crippen LogP contribution in [0.5, 0.6) is 0 Å². The van der Waals surface area contributed by atoms with E-state index in [-0.39, 0.29) is 31.5 Å². The molecule has 0 spiro atoms. The number of benzene rings is 2. The van der Waals surface area contributed by atoms with Crippen LogP contribution in [0.2, 0.25) is 0 Å². The Balaban J connectivity index is 1.82. The summed E-state index contributed by atoms with van der Waals surface area (Å²) in [6.45, 7) is 3.11. The first-order chi connectivity index (χ1) is 16.0. The molecule has 0 atom stereocenters. The second kappa shape index (κ2) is 9.20. The fourth-order valence-electron chi connectivity index (χ4n) is 4.29. The second-order valence-electron chi connectivity index (χ2n) is 9.11. The van der Waals surface area contributed by atoms with E-state index in [4.69, 9.17) is 0 Å². The van der Waals surface area contributed by atoms with E-state index < -0.39 is 63.6 Å². The van der Waals surface area contributed by atoms with E-state index in [9.17, 15) is 39.2 Å². The summed E-state index contributed by atoms with van der Waals surface area (Å²) in [5, 5.41) is 0. The summed E-state index contributed by atoms with van der Waals surface area (Å²) in [5.74, 6) is -1.90. The quantitative estimate of drug-likeness (QED) is 0.531. The van der Waals surface area contributed by atoms with Gasteiger partial charge in [-0.2, -0.15) is 13.2 Å². The molecule has 1 heterocycles. The molecule has 0 aliphatic carbocycles. The summed E-state index contributed by atoms with van der Waals surface area (Å²) in [6.07, 6.45) is -3.36. The number of hydrogen-bond donors (Lipinski definition) is 0. The third-order valence-corrected chi connectivity index (χ3v) is 10.2. The van der Waals surface area contributed by atoms with Crippen LogP contribution in [-0.2, 0) is 25.9 Å². The van der Waals surface area contributed by atoms with Crippen LogP contribution in [0.3, 0.4) is 0 Å². The van der Waals surface area contributed by atoms with Crippen molar-refractivity contribution in [1.29, 1.82) is 0 Å². The number of hydrogen-bond acceptors (Lipinski definition) is 5. The fraction of sp³-hybridized carbons (Fsp3) is 0.435. The first-order valence-electron chi connectivity index (χ1n) is 10.7. The van der Waals surface area contributed by atoms with Gasteiger partial charge in [-0.05, 0) is 69.0 Å². The van der Waals surface area contributed by atoms with Crippen molar-refractivity contribution in [2.24, 2.45) is 5.92 Å². The van der Waals surface area contributed by atoms with Crippen LogP contribution >= 0.6 is 0 Å². The largest absolute Gasteiger partial charge is 0.416 e. The molecule has 0 radical (unpaired) electrons. The van der Waals surface area contributed by atoms with Gasteiger partial charge in [0, 0.05) is 19.3 Å². The first kappa shape index (κ1) is 27.1. The molecule has 1 aliphatic rings. The SMILES string of the molecule is CC(C)(C1CCN(C(=O)c2ccc(F)cc2S(C)(=O)=O)CC1)S(=O)(=O)c1cccc(C(F)(F)F)c1. The monoisotopic (exact) mass is 535 g/mol. The van der Waals surface area contributed by atoms with E-state index in [2.05, 4.69) is 0 Å². The van der Waals surface area contributed by atoms with Crippen LogP contribution in [0.1, 0.15) is 42.6 Å². The van der Waals surface area contributed by atoms with Gasteiger partial charge in [0.05, 0.1) is 25.7 Å². The highest BCUT2D eigenvalue weighted by Gasteiger charge is 2.45. The third-order valence-electron chi connectivity index (χ3n) is 6.50. The van der Waals surface area contributed by atoms with Gasteiger partial charge in [-0.25, -0.2) is 21.2 Å². The van der Waals surface area contributed by atoms with Crippen molar-refractivity contribution in [3.05, 3.63) is 59.4 Å². The van der Waals surface area contributed by atoms with Crippen LogP contribution in [-0.4, -0.2) is 51.7 Å². The smallest absolute Gasteiger partial charge is 0.339 e. The maximum Gasteiger partial charge on any atom is 0.416 e. The summed E-state index contributed by atoms with van der Waals surface area (Å²) in [5.41, 5.74) is -1.24. The highest BCUT2D eigenvalue weighted by Crippen LogP contribution is 2.39. The normalized spacial score (nSPS) is 16.4. The number of carbonyl (C=O) groups excluding carboxylic acids is 1. The molecule has 0 aromatic heterocycles. The van der Waals surface area contributed by atoms with E-state index in [0.717, 1.165) is 42.7 Å². The fourth-order valence-corrected chi connectivity index (χ4v) is 6.99. The average Bonchev–Trinajstić information content (AvgIpc) is 2.77. The molecule has 1 saturated heterocycles. The van der Waals surface area contributed by atoms with Gasteiger partial charge < -0.3 is 4.90 Å². The van der Waals surface area contributed by atoms with E-state index in [0.29, 0.717) is 6.07 Å². The molecule has 0 saturated carbocycles. The van der Waals surface area contributed by atoms with Gasteiger partial charge in [-0.15, -0.1) is 0 Å². The number of carbonyl (C=O) groups is 1. The number of likely N-dealkylation sites (tertiary alicyclic amines) is 1. The Morgan fingerprint density at radius 2 is 1.57 bits per heavy atom. The topological polar surface area (TPSA) is 88.6 Å².